The van der Waals surface area contributed by atoms with Crippen molar-refractivity contribution >= 4 is 5.78 Å². The van der Waals surface area contributed by atoms with Crippen LogP contribution in [0, 0.1) is 0 Å². The number of rotatable bonds is 6. The lowest BCUT2D eigenvalue weighted by Crippen LogP contribution is -2.28. The van der Waals surface area contributed by atoms with Crippen molar-refractivity contribution in [3.05, 3.63) is 0 Å². The van der Waals surface area contributed by atoms with E-state index in [-0.39, 0.29) is 25.9 Å². The molecule has 0 amide bonds. The van der Waals surface area contributed by atoms with Gasteiger partial charge in [-0.3, -0.25) is 4.79 Å². The third-order valence-electron chi connectivity index (χ3n) is 1.76. The summed E-state index contributed by atoms with van der Waals surface area (Å²) in [4.78, 5) is 12.5. The first-order chi connectivity index (χ1) is 6.61. The molecule has 0 spiro atoms. The van der Waals surface area contributed by atoms with E-state index in [0.717, 1.165) is 19.4 Å². The van der Waals surface area contributed by atoms with Gasteiger partial charge in [-0.1, -0.05) is 6.42 Å². The fourth-order valence-corrected chi connectivity index (χ4v) is 0.903. The Bertz CT molecular complexity index is 163. The summed E-state index contributed by atoms with van der Waals surface area (Å²) in [6.45, 7) is 2.25. The van der Waals surface area contributed by atoms with Crippen molar-refractivity contribution in [3.8, 4) is 0 Å². The van der Waals surface area contributed by atoms with Crippen LogP contribution in [0.25, 0.3) is 0 Å². The van der Waals surface area contributed by atoms with Gasteiger partial charge in [-0.05, 0) is 40.4 Å². The highest BCUT2D eigenvalue weighted by atomic mass is 16.1. The van der Waals surface area contributed by atoms with Crippen molar-refractivity contribution in [1.82, 2.24) is 4.90 Å². The Labute approximate surface area is 77.7 Å². The zero-order valence-corrected chi connectivity index (χ0v) is 7.75. The molecule has 0 heterocycles. The first-order valence-electron chi connectivity index (χ1n) is 5.60. The number of unbranched alkanes of at least 4 members (excludes halogenated alkanes) is 1. The first-order valence-corrected chi connectivity index (χ1v) is 4.18. The molecule has 0 saturated heterocycles. The van der Waals surface area contributed by atoms with Gasteiger partial charge in [-0.25, -0.2) is 0 Å². The normalized spacial score (nSPS) is 15.6. The molecule has 12 heavy (non-hydrogen) atoms. The largest absolute Gasteiger partial charge is 0.322 e. The molecule has 0 bridgehead atoms. The second kappa shape index (κ2) is 6.14. The zero-order chi connectivity index (χ0) is 11.0. The minimum absolute atomic E-state index is 0.0304. The summed E-state index contributed by atoms with van der Waals surface area (Å²) in [6.07, 6.45) is 2.50. The molecule has 0 radical (unpaired) electrons. The molecule has 0 fully saturated rings. The lowest BCUT2D eigenvalue weighted by molar-refractivity contribution is -0.118. The number of ketones is 1. The Morgan fingerprint density at radius 3 is 2.75 bits per heavy atom. The summed E-state index contributed by atoms with van der Waals surface area (Å²) in [6, 6.07) is -0.338. The van der Waals surface area contributed by atoms with E-state index in [1.165, 1.54) is 6.92 Å². The van der Waals surface area contributed by atoms with Crippen molar-refractivity contribution in [2.24, 2.45) is 5.73 Å². The van der Waals surface area contributed by atoms with Crippen LogP contribution in [0.3, 0.4) is 0 Å². The molecule has 0 aliphatic heterocycles. The fourth-order valence-electron chi connectivity index (χ4n) is 0.903. The summed E-state index contributed by atoms with van der Waals surface area (Å²) >= 11 is 0. The number of nitrogens with two attached hydrogens (primary N) is 1. The predicted octanol–water partition coefficient (Wildman–Crippen LogP) is 0.635. The van der Waals surface area contributed by atoms with Crippen LogP contribution in [-0.2, 0) is 4.79 Å². The van der Waals surface area contributed by atoms with E-state index < -0.39 is 0 Å². The molecule has 2 N–H and O–H groups in total. The lowest BCUT2D eigenvalue weighted by atomic mass is 10.1. The number of nitrogens with zero attached hydrogens (tertiary/aromatic N) is 1. The molecule has 0 aromatic carbocycles. The van der Waals surface area contributed by atoms with Gasteiger partial charge in [-0.15, -0.1) is 0 Å². The highest BCUT2D eigenvalue weighted by molar-refractivity contribution is 5.80. The second-order valence-corrected chi connectivity index (χ2v) is 3.11. The Hall–Kier alpha value is -0.410. The number of hydrogen-bond acceptors (Lipinski definition) is 3. The van der Waals surface area contributed by atoms with Gasteiger partial charge in [0.1, 0.15) is 5.78 Å². The molecule has 0 saturated carbocycles. The number of carbonyl (C=O) groups is 1. The molecule has 3 nitrogen and oxygen atoms in total. The van der Waals surface area contributed by atoms with Crippen LogP contribution in [0.15, 0.2) is 0 Å². The zero-order valence-electron chi connectivity index (χ0n) is 9.75. The van der Waals surface area contributed by atoms with E-state index in [4.69, 9.17) is 8.48 Å². The van der Waals surface area contributed by atoms with Crippen LogP contribution >= 0.6 is 0 Å². The average Bonchev–Trinajstić information content (AvgIpc) is 2.17. The molecule has 0 aliphatic rings. The van der Waals surface area contributed by atoms with E-state index in [0.29, 0.717) is 6.42 Å². The lowest BCUT2D eigenvalue weighted by Gasteiger charge is -2.10. The topological polar surface area (TPSA) is 46.3 Å². The van der Waals surface area contributed by atoms with Crippen molar-refractivity contribution in [2.45, 2.75) is 32.2 Å². The van der Waals surface area contributed by atoms with Crippen LogP contribution in [-0.4, -0.2) is 37.3 Å². The number of hydrogen-bond donors (Lipinski definition) is 1. The molecule has 0 rings (SSSR count). The Morgan fingerprint density at radius 1 is 1.58 bits per heavy atom. The molecule has 1 unspecified atom stereocenters. The van der Waals surface area contributed by atoms with Crippen molar-refractivity contribution in [3.63, 3.8) is 0 Å². The summed E-state index contributed by atoms with van der Waals surface area (Å²) in [5.41, 5.74) is 5.56. The molecule has 0 aliphatic carbocycles. The molecule has 1 atom stereocenters. The van der Waals surface area contributed by atoms with E-state index in [1.807, 2.05) is 0 Å². The maximum Gasteiger partial charge on any atom is 0.146 e. The third-order valence-corrected chi connectivity index (χ3v) is 1.76. The average molecular weight is 174 g/mol. The van der Waals surface area contributed by atoms with Gasteiger partial charge in [0.25, 0.3) is 0 Å². The Kier molecular flexibility index (Phi) is 4.20. The predicted molar refractivity (Wildman–Crippen MR) is 51.1 cm³/mol. The van der Waals surface area contributed by atoms with Gasteiger partial charge in [0.05, 0.1) is 6.04 Å². The Morgan fingerprint density at radius 2 is 2.25 bits per heavy atom. The molecule has 3 heteroatoms. The van der Waals surface area contributed by atoms with Crippen LogP contribution in [0.4, 0.5) is 0 Å². The highest BCUT2D eigenvalue weighted by Gasteiger charge is 2.06. The minimum Gasteiger partial charge on any atom is -0.322 e. The van der Waals surface area contributed by atoms with Crippen LogP contribution in [0.2, 0.25) is 0 Å². The van der Waals surface area contributed by atoms with Gasteiger partial charge < -0.3 is 10.6 Å². The maximum atomic E-state index is 10.8. The molecule has 0 aromatic heterocycles. The smallest absolute Gasteiger partial charge is 0.146 e. The van der Waals surface area contributed by atoms with E-state index in [1.54, 1.807) is 4.90 Å². The summed E-state index contributed by atoms with van der Waals surface area (Å²) < 4.78 is 14.2. The SMILES string of the molecule is [2H]CN(C[2H])CCCCC(N)C(C)=O. The van der Waals surface area contributed by atoms with Gasteiger partial charge in [0.15, 0.2) is 0 Å². The van der Waals surface area contributed by atoms with Gasteiger partial charge in [0.2, 0.25) is 0 Å². The molecular formula is C9H20N2O. The van der Waals surface area contributed by atoms with Gasteiger partial charge in [0, 0.05) is 2.74 Å². The molecule has 0 aromatic rings. The summed E-state index contributed by atoms with van der Waals surface area (Å²) in [7, 11) is 0.338. The summed E-state index contributed by atoms with van der Waals surface area (Å²) in [5.74, 6) is 0.0304. The monoisotopic (exact) mass is 174 g/mol. The first kappa shape index (κ1) is 8.20. The fraction of sp³-hybridized carbons (Fsp3) is 0.889. The maximum absolute atomic E-state index is 10.8. The van der Waals surface area contributed by atoms with Crippen LogP contribution < -0.4 is 5.73 Å². The third kappa shape index (κ3) is 6.31. The van der Waals surface area contributed by atoms with Crippen molar-refractivity contribution in [2.75, 3.05) is 20.6 Å². The van der Waals surface area contributed by atoms with Crippen molar-refractivity contribution in [1.29, 1.82) is 0 Å². The van der Waals surface area contributed by atoms with E-state index >= 15 is 0 Å². The second-order valence-electron chi connectivity index (χ2n) is 3.11. The number of Topliss-reactive ketones (excluding diaryl/α,β-unsaturated/α-hetero) is 1. The van der Waals surface area contributed by atoms with E-state index in [9.17, 15) is 4.79 Å². The van der Waals surface area contributed by atoms with Gasteiger partial charge >= 0.3 is 0 Å². The minimum atomic E-state index is -0.338. The Balaban J connectivity index is 3.41. The molecule has 72 valence electrons. The molecular weight excluding hydrogens is 152 g/mol. The van der Waals surface area contributed by atoms with Gasteiger partial charge in [-0.2, -0.15) is 0 Å². The highest BCUT2D eigenvalue weighted by Crippen LogP contribution is 2.00. The van der Waals surface area contributed by atoms with Crippen LogP contribution in [0.1, 0.15) is 28.9 Å². The van der Waals surface area contributed by atoms with Crippen molar-refractivity contribution < 1.29 is 7.54 Å². The quantitative estimate of drug-likeness (QED) is 0.601. The van der Waals surface area contributed by atoms with Crippen LogP contribution in [0.5, 0.6) is 0 Å². The number of carbonyl (C=O) groups excluding carboxylic acids is 1. The standard InChI is InChI=1S/C9H20N2O/c1-8(12)9(10)6-4-5-7-11(2)3/h9H,4-7,10H2,1-3H3/i2D,3D. The summed E-state index contributed by atoms with van der Waals surface area (Å²) in [5, 5.41) is 0. The van der Waals surface area contributed by atoms with E-state index in [2.05, 4.69) is 0 Å².